The normalized spacial score (nSPS) is 10.9. The molecule has 3 aromatic heterocycles. The fourth-order valence-corrected chi connectivity index (χ4v) is 2.66. The molecule has 0 radical (unpaired) electrons. The molecule has 0 bridgehead atoms. The molecule has 0 saturated heterocycles. The SMILES string of the molecule is Cc1nc(C)c(-n2nc(-c3cccs3)cc2O)nc1C. The Balaban J connectivity index is 2.14. The molecule has 0 amide bonds. The minimum atomic E-state index is 0.0639. The van der Waals surface area contributed by atoms with Crippen molar-refractivity contribution in [2.75, 3.05) is 0 Å². The Kier molecular flexibility index (Phi) is 3.02. The summed E-state index contributed by atoms with van der Waals surface area (Å²) in [7, 11) is 0. The van der Waals surface area contributed by atoms with E-state index in [1.807, 2.05) is 38.3 Å². The maximum Gasteiger partial charge on any atom is 0.216 e. The van der Waals surface area contributed by atoms with Crippen LogP contribution < -0.4 is 0 Å². The first-order valence-corrected chi connectivity index (χ1v) is 7.09. The van der Waals surface area contributed by atoms with E-state index < -0.39 is 0 Å². The van der Waals surface area contributed by atoms with Crippen molar-refractivity contribution in [2.45, 2.75) is 20.8 Å². The first-order valence-electron chi connectivity index (χ1n) is 6.21. The van der Waals surface area contributed by atoms with E-state index in [1.54, 1.807) is 17.4 Å². The number of rotatable bonds is 2. The summed E-state index contributed by atoms with van der Waals surface area (Å²) in [6.07, 6.45) is 0. The molecule has 0 aliphatic carbocycles. The topological polar surface area (TPSA) is 63.8 Å². The molecule has 0 aliphatic rings. The Morgan fingerprint density at radius 3 is 2.55 bits per heavy atom. The van der Waals surface area contributed by atoms with Gasteiger partial charge in [-0.3, -0.25) is 4.98 Å². The first-order chi connectivity index (χ1) is 9.56. The fraction of sp³-hybridized carbons (Fsp3) is 0.214. The number of nitrogens with zero attached hydrogens (tertiary/aromatic N) is 4. The lowest BCUT2D eigenvalue weighted by Crippen LogP contribution is -2.07. The van der Waals surface area contributed by atoms with Crippen molar-refractivity contribution in [3.8, 4) is 22.3 Å². The third-order valence-corrected chi connectivity index (χ3v) is 4.01. The maximum atomic E-state index is 10.1. The molecule has 20 heavy (non-hydrogen) atoms. The lowest BCUT2D eigenvalue weighted by Gasteiger charge is -2.08. The van der Waals surface area contributed by atoms with E-state index >= 15 is 0 Å². The van der Waals surface area contributed by atoms with Gasteiger partial charge < -0.3 is 5.11 Å². The van der Waals surface area contributed by atoms with Crippen molar-refractivity contribution in [3.63, 3.8) is 0 Å². The van der Waals surface area contributed by atoms with Crippen molar-refractivity contribution in [3.05, 3.63) is 40.7 Å². The Morgan fingerprint density at radius 2 is 1.85 bits per heavy atom. The summed E-state index contributed by atoms with van der Waals surface area (Å²) in [4.78, 5) is 9.92. The summed E-state index contributed by atoms with van der Waals surface area (Å²) >= 11 is 1.58. The van der Waals surface area contributed by atoms with E-state index in [1.165, 1.54) is 4.68 Å². The van der Waals surface area contributed by atoms with Crippen molar-refractivity contribution in [2.24, 2.45) is 0 Å². The number of aromatic nitrogens is 4. The molecule has 0 fully saturated rings. The first kappa shape index (κ1) is 12.8. The van der Waals surface area contributed by atoms with E-state index in [9.17, 15) is 5.11 Å². The fourth-order valence-electron chi connectivity index (χ4n) is 1.98. The van der Waals surface area contributed by atoms with Gasteiger partial charge in [0.2, 0.25) is 5.88 Å². The molecule has 0 spiro atoms. The third-order valence-electron chi connectivity index (χ3n) is 3.12. The third kappa shape index (κ3) is 2.08. The van der Waals surface area contributed by atoms with E-state index in [0.29, 0.717) is 5.82 Å². The van der Waals surface area contributed by atoms with Crippen LogP contribution in [0.5, 0.6) is 5.88 Å². The van der Waals surface area contributed by atoms with Gasteiger partial charge in [-0.1, -0.05) is 6.07 Å². The summed E-state index contributed by atoms with van der Waals surface area (Å²) in [5, 5.41) is 16.5. The summed E-state index contributed by atoms with van der Waals surface area (Å²) in [5.41, 5.74) is 3.19. The Hall–Kier alpha value is -2.21. The van der Waals surface area contributed by atoms with Crippen molar-refractivity contribution in [1.82, 2.24) is 19.7 Å². The standard InChI is InChI=1S/C14H14N4OS/c1-8-9(2)16-14(10(3)15-8)18-13(19)7-11(17-18)12-5-4-6-20-12/h4-7,19H,1-3H3. The van der Waals surface area contributed by atoms with Gasteiger partial charge in [0.25, 0.3) is 0 Å². The van der Waals surface area contributed by atoms with Gasteiger partial charge in [0.05, 0.1) is 22.0 Å². The average molecular weight is 286 g/mol. The second kappa shape index (κ2) is 4.72. The van der Waals surface area contributed by atoms with Crippen LogP contribution in [-0.2, 0) is 0 Å². The van der Waals surface area contributed by atoms with Crippen LogP contribution in [0.25, 0.3) is 16.4 Å². The minimum Gasteiger partial charge on any atom is -0.493 e. The van der Waals surface area contributed by atoms with Gasteiger partial charge in [-0.2, -0.15) is 9.78 Å². The van der Waals surface area contributed by atoms with Gasteiger partial charge in [0.15, 0.2) is 5.82 Å². The Bertz CT molecular complexity index is 762. The smallest absolute Gasteiger partial charge is 0.216 e. The van der Waals surface area contributed by atoms with Crippen LogP contribution in [0.3, 0.4) is 0 Å². The zero-order chi connectivity index (χ0) is 14.3. The largest absolute Gasteiger partial charge is 0.493 e. The summed E-state index contributed by atoms with van der Waals surface area (Å²) < 4.78 is 1.43. The highest BCUT2D eigenvalue weighted by Crippen LogP contribution is 2.28. The highest BCUT2D eigenvalue weighted by molar-refractivity contribution is 7.13. The summed E-state index contributed by atoms with van der Waals surface area (Å²) in [5.74, 6) is 0.627. The van der Waals surface area contributed by atoms with Gasteiger partial charge >= 0.3 is 0 Å². The van der Waals surface area contributed by atoms with E-state index in [0.717, 1.165) is 27.7 Å². The van der Waals surface area contributed by atoms with Crippen LogP contribution in [0.15, 0.2) is 23.6 Å². The van der Waals surface area contributed by atoms with Gasteiger partial charge in [-0.25, -0.2) is 4.98 Å². The molecule has 3 aromatic rings. The molecule has 6 heteroatoms. The van der Waals surface area contributed by atoms with Crippen LogP contribution in [0.1, 0.15) is 17.1 Å². The molecule has 0 aliphatic heterocycles. The second-order valence-corrected chi connectivity index (χ2v) is 5.53. The van der Waals surface area contributed by atoms with Crippen LogP contribution in [-0.4, -0.2) is 24.9 Å². The van der Waals surface area contributed by atoms with Crippen LogP contribution in [0.4, 0.5) is 0 Å². The molecule has 0 aromatic carbocycles. The quantitative estimate of drug-likeness (QED) is 0.786. The molecule has 0 saturated carbocycles. The highest BCUT2D eigenvalue weighted by atomic mass is 32.1. The zero-order valence-electron chi connectivity index (χ0n) is 11.5. The number of aryl methyl sites for hydroxylation is 3. The summed E-state index contributed by atoms with van der Waals surface area (Å²) in [6, 6.07) is 5.56. The summed E-state index contributed by atoms with van der Waals surface area (Å²) in [6.45, 7) is 5.67. The molecule has 1 N–H and O–H groups in total. The maximum absolute atomic E-state index is 10.1. The van der Waals surface area contributed by atoms with E-state index in [-0.39, 0.29) is 5.88 Å². The van der Waals surface area contributed by atoms with Gasteiger partial charge in [-0.15, -0.1) is 11.3 Å². The Labute approximate surface area is 120 Å². The van der Waals surface area contributed by atoms with Gasteiger partial charge in [0.1, 0.15) is 5.69 Å². The van der Waals surface area contributed by atoms with Gasteiger partial charge in [-0.05, 0) is 32.2 Å². The van der Waals surface area contributed by atoms with Crippen LogP contribution >= 0.6 is 11.3 Å². The molecule has 0 atom stereocenters. The molecule has 0 unspecified atom stereocenters. The predicted octanol–water partition coefficient (Wildman–Crippen LogP) is 3.02. The lowest BCUT2D eigenvalue weighted by atomic mass is 10.3. The number of aromatic hydroxyl groups is 1. The molecule has 5 nitrogen and oxygen atoms in total. The van der Waals surface area contributed by atoms with Crippen LogP contribution in [0, 0.1) is 20.8 Å². The molecular formula is C14H14N4OS. The molecule has 3 rings (SSSR count). The Morgan fingerprint density at radius 1 is 1.10 bits per heavy atom. The highest BCUT2D eigenvalue weighted by Gasteiger charge is 2.15. The number of hydrogen-bond donors (Lipinski definition) is 1. The molecular weight excluding hydrogens is 272 g/mol. The predicted molar refractivity (Wildman–Crippen MR) is 78.3 cm³/mol. The minimum absolute atomic E-state index is 0.0639. The zero-order valence-corrected chi connectivity index (χ0v) is 12.3. The van der Waals surface area contributed by atoms with Crippen LogP contribution in [0.2, 0.25) is 0 Å². The van der Waals surface area contributed by atoms with Crippen molar-refractivity contribution in [1.29, 1.82) is 0 Å². The monoisotopic (exact) mass is 286 g/mol. The number of hydrogen-bond acceptors (Lipinski definition) is 5. The average Bonchev–Trinajstić information content (AvgIpc) is 3.03. The van der Waals surface area contributed by atoms with E-state index in [2.05, 4.69) is 15.1 Å². The van der Waals surface area contributed by atoms with Gasteiger partial charge in [0, 0.05) is 6.07 Å². The lowest BCUT2D eigenvalue weighted by molar-refractivity contribution is 0.431. The van der Waals surface area contributed by atoms with E-state index in [4.69, 9.17) is 0 Å². The van der Waals surface area contributed by atoms with Crippen molar-refractivity contribution < 1.29 is 5.11 Å². The molecule has 102 valence electrons. The van der Waals surface area contributed by atoms with Crippen molar-refractivity contribution >= 4 is 11.3 Å². The number of thiophene rings is 1. The molecule has 3 heterocycles. The second-order valence-electron chi connectivity index (χ2n) is 4.58.